The minimum Gasteiger partial charge on any atom is -0.468 e. The minimum absolute atomic E-state index is 0.352. The van der Waals surface area contributed by atoms with Gasteiger partial charge in [-0.2, -0.15) is 0 Å². The van der Waals surface area contributed by atoms with E-state index in [1.807, 2.05) is 6.07 Å². The first kappa shape index (κ1) is 14.6. The topological polar surface area (TPSA) is 25.2 Å². The van der Waals surface area contributed by atoms with Crippen LogP contribution in [-0.2, 0) is 0 Å². The Morgan fingerprint density at radius 1 is 1.26 bits per heavy atom. The molecule has 19 heavy (non-hydrogen) atoms. The van der Waals surface area contributed by atoms with E-state index in [0.717, 1.165) is 12.2 Å². The zero-order chi connectivity index (χ0) is 14.1. The van der Waals surface area contributed by atoms with E-state index in [9.17, 15) is 0 Å². The van der Waals surface area contributed by atoms with Crippen LogP contribution in [0.3, 0.4) is 0 Å². The Balaban J connectivity index is 2.05. The summed E-state index contributed by atoms with van der Waals surface area (Å²) in [5.74, 6) is 1.07. The van der Waals surface area contributed by atoms with E-state index in [1.54, 1.807) is 6.26 Å². The normalized spacial score (nSPS) is 24.3. The second kappa shape index (κ2) is 5.32. The van der Waals surface area contributed by atoms with Crippen LogP contribution in [0.1, 0.15) is 72.1 Å². The Bertz CT molecular complexity index is 375. The quantitative estimate of drug-likeness (QED) is 0.833. The number of rotatable bonds is 4. The van der Waals surface area contributed by atoms with Crippen LogP contribution < -0.4 is 5.32 Å². The molecule has 0 aromatic carbocycles. The summed E-state index contributed by atoms with van der Waals surface area (Å²) >= 11 is 0. The summed E-state index contributed by atoms with van der Waals surface area (Å²) in [6, 6.07) is 5.01. The highest BCUT2D eigenvalue weighted by Gasteiger charge is 2.39. The van der Waals surface area contributed by atoms with Gasteiger partial charge in [-0.1, -0.05) is 34.6 Å². The van der Waals surface area contributed by atoms with Gasteiger partial charge >= 0.3 is 0 Å². The van der Waals surface area contributed by atoms with Crippen molar-refractivity contribution >= 4 is 0 Å². The van der Waals surface area contributed by atoms with Crippen LogP contribution in [0.4, 0.5) is 0 Å². The fourth-order valence-electron chi connectivity index (χ4n) is 4.14. The van der Waals surface area contributed by atoms with Crippen LogP contribution in [0.5, 0.6) is 0 Å². The van der Waals surface area contributed by atoms with Gasteiger partial charge in [0.1, 0.15) is 5.76 Å². The molecule has 1 heterocycles. The third-order valence-electron chi connectivity index (χ3n) is 4.29. The van der Waals surface area contributed by atoms with Crippen LogP contribution in [-0.4, -0.2) is 6.04 Å². The molecule has 1 aromatic rings. The highest BCUT2D eigenvalue weighted by atomic mass is 16.3. The van der Waals surface area contributed by atoms with Gasteiger partial charge in [-0.25, -0.2) is 0 Å². The van der Waals surface area contributed by atoms with Gasteiger partial charge in [-0.05, 0) is 48.6 Å². The molecule has 0 amide bonds. The molecular weight excluding hydrogens is 234 g/mol. The largest absolute Gasteiger partial charge is 0.468 e. The van der Waals surface area contributed by atoms with Crippen molar-refractivity contribution in [3.63, 3.8) is 0 Å². The van der Waals surface area contributed by atoms with E-state index in [2.05, 4.69) is 46.0 Å². The maximum absolute atomic E-state index is 5.57. The van der Waals surface area contributed by atoms with Crippen molar-refractivity contribution in [2.45, 2.75) is 72.4 Å². The average molecular weight is 263 g/mol. The van der Waals surface area contributed by atoms with Gasteiger partial charge in [0, 0.05) is 6.04 Å². The molecule has 0 aliphatic heterocycles. The fourth-order valence-corrected chi connectivity index (χ4v) is 4.14. The predicted octanol–water partition coefficient (Wildman–Crippen LogP) is 4.93. The Morgan fingerprint density at radius 2 is 1.89 bits per heavy atom. The predicted molar refractivity (Wildman–Crippen MR) is 80.1 cm³/mol. The molecule has 1 unspecified atom stereocenters. The Labute approximate surface area is 118 Å². The molecule has 1 aliphatic rings. The van der Waals surface area contributed by atoms with Crippen LogP contribution in [0.2, 0.25) is 0 Å². The number of furan rings is 1. The lowest BCUT2D eigenvalue weighted by molar-refractivity contribution is 0.0784. The summed E-state index contributed by atoms with van der Waals surface area (Å²) in [6.07, 6.45) is 6.68. The van der Waals surface area contributed by atoms with E-state index in [1.165, 1.54) is 19.3 Å². The zero-order valence-corrected chi connectivity index (χ0v) is 13.1. The third kappa shape index (κ3) is 3.85. The van der Waals surface area contributed by atoms with Crippen LogP contribution in [0, 0.1) is 10.8 Å². The molecule has 0 saturated heterocycles. The smallest absolute Gasteiger partial charge is 0.120 e. The van der Waals surface area contributed by atoms with Gasteiger partial charge in [-0.15, -0.1) is 0 Å². The number of nitrogens with one attached hydrogen (secondary N) is 1. The van der Waals surface area contributed by atoms with Crippen molar-refractivity contribution in [1.82, 2.24) is 5.32 Å². The lowest BCUT2D eigenvalue weighted by atomic mass is 9.63. The molecule has 1 aliphatic carbocycles. The van der Waals surface area contributed by atoms with Crippen molar-refractivity contribution in [3.05, 3.63) is 24.2 Å². The maximum atomic E-state index is 5.57. The molecule has 1 fully saturated rings. The second-order valence-corrected chi connectivity index (χ2v) is 7.75. The molecule has 2 rings (SSSR count). The molecule has 108 valence electrons. The second-order valence-electron chi connectivity index (χ2n) is 7.75. The third-order valence-corrected chi connectivity index (χ3v) is 4.29. The summed E-state index contributed by atoms with van der Waals surface area (Å²) < 4.78 is 5.57. The Kier molecular flexibility index (Phi) is 4.10. The van der Waals surface area contributed by atoms with Gasteiger partial charge in [0.05, 0.1) is 12.3 Å². The maximum Gasteiger partial charge on any atom is 0.120 e. The van der Waals surface area contributed by atoms with E-state index in [0.29, 0.717) is 22.9 Å². The van der Waals surface area contributed by atoms with Gasteiger partial charge in [0.15, 0.2) is 0 Å². The van der Waals surface area contributed by atoms with E-state index >= 15 is 0 Å². The standard InChI is InChI=1S/C17H29NO/c1-6-14(15-8-7-9-19-15)18-13-10-16(2,3)12-17(4,5)11-13/h7-9,13-14,18H,6,10-12H2,1-5H3. The van der Waals surface area contributed by atoms with Crippen LogP contribution in [0.25, 0.3) is 0 Å². The van der Waals surface area contributed by atoms with Gasteiger partial charge < -0.3 is 9.73 Å². The SMILES string of the molecule is CCC(NC1CC(C)(C)CC(C)(C)C1)c1ccco1. The van der Waals surface area contributed by atoms with E-state index < -0.39 is 0 Å². The van der Waals surface area contributed by atoms with Gasteiger partial charge in [0.25, 0.3) is 0 Å². The molecule has 1 N–H and O–H groups in total. The lowest BCUT2D eigenvalue weighted by Gasteiger charge is -2.46. The molecule has 1 atom stereocenters. The molecule has 2 nitrogen and oxygen atoms in total. The number of hydrogen-bond donors (Lipinski definition) is 1. The molecule has 0 bridgehead atoms. The summed E-state index contributed by atoms with van der Waals surface area (Å²) in [4.78, 5) is 0. The Morgan fingerprint density at radius 3 is 2.37 bits per heavy atom. The van der Waals surface area contributed by atoms with Gasteiger partial charge in [-0.3, -0.25) is 0 Å². The lowest BCUT2D eigenvalue weighted by Crippen LogP contribution is -2.45. The molecule has 1 saturated carbocycles. The van der Waals surface area contributed by atoms with Crippen molar-refractivity contribution < 1.29 is 4.42 Å². The van der Waals surface area contributed by atoms with E-state index in [-0.39, 0.29) is 0 Å². The fraction of sp³-hybridized carbons (Fsp3) is 0.765. The molecular formula is C17H29NO. The van der Waals surface area contributed by atoms with Crippen molar-refractivity contribution in [2.75, 3.05) is 0 Å². The van der Waals surface area contributed by atoms with Crippen LogP contribution >= 0.6 is 0 Å². The first-order valence-corrected chi connectivity index (χ1v) is 7.61. The zero-order valence-electron chi connectivity index (χ0n) is 13.1. The molecule has 2 heteroatoms. The summed E-state index contributed by atoms with van der Waals surface area (Å²) in [7, 11) is 0. The molecule has 0 radical (unpaired) electrons. The summed E-state index contributed by atoms with van der Waals surface area (Å²) in [6.45, 7) is 11.8. The highest BCUT2D eigenvalue weighted by Crippen LogP contribution is 2.46. The summed E-state index contributed by atoms with van der Waals surface area (Å²) in [5, 5.41) is 3.83. The number of hydrogen-bond acceptors (Lipinski definition) is 2. The van der Waals surface area contributed by atoms with Crippen LogP contribution in [0.15, 0.2) is 22.8 Å². The molecule has 0 spiro atoms. The first-order chi connectivity index (χ1) is 8.81. The molecule has 1 aromatic heterocycles. The Hall–Kier alpha value is -0.760. The first-order valence-electron chi connectivity index (χ1n) is 7.61. The van der Waals surface area contributed by atoms with Gasteiger partial charge in [0.2, 0.25) is 0 Å². The minimum atomic E-state index is 0.352. The monoisotopic (exact) mass is 263 g/mol. The van der Waals surface area contributed by atoms with Crippen molar-refractivity contribution in [1.29, 1.82) is 0 Å². The highest BCUT2D eigenvalue weighted by molar-refractivity contribution is 5.05. The summed E-state index contributed by atoms with van der Waals surface area (Å²) in [5.41, 5.74) is 0.863. The average Bonchev–Trinajstić information content (AvgIpc) is 2.74. The van der Waals surface area contributed by atoms with Crippen molar-refractivity contribution in [3.8, 4) is 0 Å². The van der Waals surface area contributed by atoms with Crippen molar-refractivity contribution in [2.24, 2.45) is 10.8 Å². The van der Waals surface area contributed by atoms with E-state index in [4.69, 9.17) is 4.42 Å².